The zero-order valence-corrected chi connectivity index (χ0v) is 14.2. The average Bonchev–Trinajstić information content (AvgIpc) is 2.55. The van der Waals surface area contributed by atoms with Gasteiger partial charge in [0.05, 0.1) is 12.1 Å². The van der Waals surface area contributed by atoms with Crippen LogP contribution >= 0.6 is 0 Å². The van der Waals surface area contributed by atoms with Crippen molar-refractivity contribution in [2.45, 2.75) is 45.7 Å². The monoisotopic (exact) mass is 326 g/mol. The number of pyridine rings is 2. The number of fused-ring (bicyclic) bond motifs is 1. The molecule has 0 aromatic carbocycles. The number of hydrogen-bond donors (Lipinski definition) is 2. The summed E-state index contributed by atoms with van der Waals surface area (Å²) in [6.07, 6.45) is 4.30. The quantitative estimate of drug-likeness (QED) is 0.885. The molecule has 6 heteroatoms. The van der Waals surface area contributed by atoms with E-state index in [1.165, 1.54) is 0 Å². The van der Waals surface area contributed by atoms with Crippen molar-refractivity contribution in [3.63, 3.8) is 0 Å². The number of nitrogens with zero attached hydrogens (tertiary/aromatic N) is 2. The first-order valence-electron chi connectivity index (χ1n) is 8.16. The van der Waals surface area contributed by atoms with E-state index in [0.29, 0.717) is 24.1 Å². The van der Waals surface area contributed by atoms with Gasteiger partial charge in [-0.1, -0.05) is 26.8 Å². The van der Waals surface area contributed by atoms with E-state index in [2.05, 4.69) is 41.4 Å². The van der Waals surface area contributed by atoms with Gasteiger partial charge in [0.1, 0.15) is 5.52 Å². The molecule has 1 aliphatic rings. The van der Waals surface area contributed by atoms with E-state index >= 15 is 0 Å². The molecule has 6 nitrogen and oxygen atoms in total. The molecule has 0 aliphatic carbocycles. The number of rotatable bonds is 2. The molecule has 3 rings (SSSR count). The molecule has 126 valence electrons. The van der Waals surface area contributed by atoms with Crippen molar-refractivity contribution in [2.75, 3.05) is 0 Å². The van der Waals surface area contributed by atoms with Gasteiger partial charge < -0.3 is 10.6 Å². The standard InChI is InChI=1S/C18H22N4O2/c1-18(2,3)16-12(6-7-13(23)22-16)21-17(24)15-14-11(8-10-20-15)5-4-9-19-14/h4-5,8-10,12,16H,6-7H2,1-3H3,(H,21,24)(H,22,23)/t12-,16-/m1/s1. The largest absolute Gasteiger partial charge is 0.351 e. The normalized spacial score (nSPS) is 21.4. The Kier molecular flexibility index (Phi) is 4.22. The highest BCUT2D eigenvalue weighted by molar-refractivity contribution is 6.03. The number of nitrogens with one attached hydrogen (secondary N) is 2. The highest BCUT2D eigenvalue weighted by Crippen LogP contribution is 2.27. The topological polar surface area (TPSA) is 84.0 Å². The molecule has 0 spiro atoms. The van der Waals surface area contributed by atoms with E-state index in [4.69, 9.17) is 0 Å². The summed E-state index contributed by atoms with van der Waals surface area (Å²) < 4.78 is 0. The van der Waals surface area contributed by atoms with Crippen molar-refractivity contribution >= 4 is 22.7 Å². The molecular weight excluding hydrogens is 304 g/mol. The van der Waals surface area contributed by atoms with Gasteiger partial charge in [-0.15, -0.1) is 0 Å². The summed E-state index contributed by atoms with van der Waals surface area (Å²) in [5.41, 5.74) is 0.751. The van der Waals surface area contributed by atoms with Crippen LogP contribution in [0.3, 0.4) is 0 Å². The zero-order valence-electron chi connectivity index (χ0n) is 14.2. The van der Waals surface area contributed by atoms with Crippen LogP contribution in [0.25, 0.3) is 10.9 Å². The number of hydrogen-bond acceptors (Lipinski definition) is 4. The van der Waals surface area contributed by atoms with Crippen LogP contribution in [0.4, 0.5) is 0 Å². The highest BCUT2D eigenvalue weighted by Gasteiger charge is 2.37. The summed E-state index contributed by atoms with van der Waals surface area (Å²) in [7, 11) is 0. The van der Waals surface area contributed by atoms with Crippen LogP contribution < -0.4 is 10.6 Å². The fourth-order valence-electron chi connectivity index (χ4n) is 3.18. The molecule has 3 heterocycles. The van der Waals surface area contributed by atoms with Crippen LogP contribution in [0.1, 0.15) is 44.1 Å². The molecule has 1 aliphatic heterocycles. The second kappa shape index (κ2) is 6.19. The fourth-order valence-corrected chi connectivity index (χ4v) is 3.18. The Labute approximate surface area is 141 Å². The Bertz CT molecular complexity index is 777. The molecular formula is C18H22N4O2. The minimum absolute atomic E-state index is 0.0328. The van der Waals surface area contributed by atoms with Gasteiger partial charge in [0.15, 0.2) is 5.69 Å². The summed E-state index contributed by atoms with van der Waals surface area (Å²) in [6, 6.07) is 5.31. The second-order valence-electron chi connectivity index (χ2n) is 7.26. The summed E-state index contributed by atoms with van der Waals surface area (Å²) >= 11 is 0. The van der Waals surface area contributed by atoms with Gasteiger partial charge in [-0.05, 0) is 24.0 Å². The van der Waals surface area contributed by atoms with Gasteiger partial charge >= 0.3 is 0 Å². The predicted molar refractivity (Wildman–Crippen MR) is 91.4 cm³/mol. The number of amides is 2. The third-order valence-corrected chi connectivity index (χ3v) is 4.39. The summed E-state index contributed by atoms with van der Waals surface area (Å²) in [6.45, 7) is 6.17. The van der Waals surface area contributed by atoms with Crippen molar-refractivity contribution in [1.82, 2.24) is 20.6 Å². The molecule has 0 unspecified atom stereocenters. The van der Waals surface area contributed by atoms with E-state index < -0.39 is 0 Å². The van der Waals surface area contributed by atoms with Crippen molar-refractivity contribution in [2.24, 2.45) is 5.41 Å². The summed E-state index contributed by atoms with van der Waals surface area (Å²) in [4.78, 5) is 33.0. The minimum atomic E-state index is -0.255. The highest BCUT2D eigenvalue weighted by atomic mass is 16.2. The first kappa shape index (κ1) is 16.4. The van der Waals surface area contributed by atoms with Crippen molar-refractivity contribution in [3.8, 4) is 0 Å². The molecule has 2 N–H and O–H groups in total. The first-order chi connectivity index (χ1) is 11.4. The molecule has 2 aromatic heterocycles. The molecule has 2 atom stereocenters. The van der Waals surface area contributed by atoms with Crippen LogP contribution in [-0.2, 0) is 4.79 Å². The maximum absolute atomic E-state index is 12.8. The molecule has 0 bridgehead atoms. The molecule has 1 saturated heterocycles. The third-order valence-electron chi connectivity index (χ3n) is 4.39. The Balaban J connectivity index is 1.86. The van der Waals surface area contributed by atoms with E-state index in [1.54, 1.807) is 12.4 Å². The number of piperidine rings is 1. The maximum Gasteiger partial charge on any atom is 0.272 e. The van der Waals surface area contributed by atoms with Gasteiger partial charge in [0, 0.05) is 24.2 Å². The molecule has 24 heavy (non-hydrogen) atoms. The molecule has 2 aromatic rings. The Morgan fingerprint density at radius 3 is 2.79 bits per heavy atom. The van der Waals surface area contributed by atoms with Gasteiger partial charge in [-0.2, -0.15) is 0 Å². The number of aromatic nitrogens is 2. The Morgan fingerprint density at radius 2 is 2.04 bits per heavy atom. The smallest absolute Gasteiger partial charge is 0.272 e. The zero-order chi connectivity index (χ0) is 17.3. The molecule has 1 fully saturated rings. The van der Waals surface area contributed by atoms with E-state index in [1.807, 2.05) is 18.2 Å². The number of carbonyl (C=O) groups excluding carboxylic acids is 2. The molecule has 2 amide bonds. The molecule has 0 saturated carbocycles. The van der Waals surface area contributed by atoms with Gasteiger partial charge in [-0.25, -0.2) is 4.98 Å². The predicted octanol–water partition coefficient (Wildman–Crippen LogP) is 2.05. The lowest BCUT2D eigenvalue weighted by atomic mass is 9.78. The van der Waals surface area contributed by atoms with Crippen LogP contribution in [0.5, 0.6) is 0 Å². The van der Waals surface area contributed by atoms with Gasteiger partial charge in [0.25, 0.3) is 5.91 Å². The minimum Gasteiger partial charge on any atom is -0.351 e. The maximum atomic E-state index is 12.8. The summed E-state index contributed by atoms with van der Waals surface area (Å²) in [5.74, 6) is -0.222. The Hall–Kier alpha value is -2.50. The molecule has 0 radical (unpaired) electrons. The van der Waals surface area contributed by atoms with Crippen LogP contribution in [0, 0.1) is 5.41 Å². The lowest BCUT2D eigenvalue weighted by molar-refractivity contribution is -0.125. The van der Waals surface area contributed by atoms with E-state index in [0.717, 1.165) is 5.39 Å². The Morgan fingerprint density at radius 1 is 1.25 bits per heavy atom. The third kappa shape index (κ3) is 3.22. The van der Waals surface area contributed by atoms with E-state index in [9.17, 15) is 9.59 Å². The van der Waals surface area contributed by atoms with Gasteiger partial charge in [-0.3, -0.25) is 14.6 Å². The van der Waals surface area contributed by atoms with Crippen molar-refractivity contribution in [3.05, 3.63) is 36.3 Å². The van der Waals surface area contributed by atoms with Crippen molar-refractivity contribution in [1.29, 1.82) is 0 Å². The fraction of sp³-hybridized carbons (Fsp3) is 0.444. The summed E-state index contributed by atoms with van der Waals surface area (Å²) in [5, 5.41) is 6.94. The van der Waals surface area contributed by atoms with Crippen molar-refractivity contribution < 1.29 is 9.59 Å². The average molecular weight is 326 g/mol. The first-order valence-corrected chi connectivity index (χ1v) is 8.16. The second-order valence-corrected chi connectivity index (χ2v) is 7.26. The number of carbonyl (C=O) groups is 2. The van der Waals surface area contributed by atoms with E-state index in [-0.39, 0.29) is 29.3 Å². The lowest BCUT2D eigenvalue weighted by Crippen LogP contribution is -2.60. The SMILES string of the molecule is CC(C)(C)[C@@H]1NC(=O)CC[C@H]1NC(=O)c1nccc2cccnc12. The van der Waals surface area contributed by atoms with Gasteiger partial charge in [0.2, 0.25) is 5.91 Å². The van der Waals surface area contributed by atoms with Crippen LogP contribution in [0.2, 0.25) is 0 Å². The van der Waals surface area contributed by atoms with Crippen LogP contribution in [-0.4, -0.2) is 33.9 Å². The van der Waals surface area contributed by atoms with Crippen LogP contribution in [0.15, 0.2) is 30.6 Å². The lowest BCUT2D eigenvalue weighted by Gasteiger charge is -2.40.